The molecule has 0 aliphatic carbocycles. The summed E-state index contributed by atoms with van der Waals surface area (Å²) in [6.07, 6.45) is 2.76. The Hall–Kier alpha value is -2.69. The van der Waals surface area contributed by atoms with Crippen LogP contribution in [0.25, 0.3) is 0 Å². The number of hydrogen-bond acceptors (Lipinski definition) is 2. The van der Waals surface area contributed by atoms with E-state index in [0.717, 1.165) is 37.1 Å². The molecule has 5 heteroatoms. The average Bonchev–Trinajstić information content (AvgIpc) is 3.13. The third kappa shape index (κ3) is 4.89. The van der Waals surface area contributed by atoms with Crippen LogP contribution in [-0.2, 0) is 22.4 Å². The lowest BCUT2D eigenvalue weighted by atomic mass is 10.1. The van der Waals surface area contributed by atoms with Gasteiger partial charge in [-0.25, -0.2) is 4.39 Å². The lowest BCUT2D eigenvalue weighted by molar-refractivity contribution is -0.129. The van der Waals surface area contributed by atoms with Gasteiger partial charge in [0.25, 0.3) is 0 Å². The van der Waals surface area contributed by atoms with Crippen molar-refractivity contribution in [1.82, 2.24) is 4.90 Å². The van der Waals surface area contributed by atoms with Gasteiger partial charge in [-0.3, -0.25) is 9.59 Å². The zero-order chi connectivity index (χ0) is 17.6. The second kappa shape index (κ2) is 7.92. The van der Waals surface area contributed by atoms with Crippen molar-refractivity contribution in [3.8, 4) is 0 Å². The maximum atomic E-state index is 12.9. The second-order valence-corrected chi connectivity index (χ2v) is 6.31. The molecule has 0 bridgehead atoms. The molecule has 0 atom stereocenters. The summed E-state index contributed by atoms with van der Waals surface area (Å²) in [4.78, 5) is 26.1. The van der Waals surface area contributed by atoms with E-state index in [2.05, 4.69) is 5.32 Å². The molecule has 0 radical (unpaired) electrons. The average molecular weight is 340 g/mol. The molecule has 130 valence electrons. The van der Waals surface area contributed by atoms with Gasteiger partial charge in [0.15, 0.2) is 0 Å². The normalized spacial score (nSPS) is 13.7. The topological polar surface area (TPSA) is 49.4 Å². The van der Waals surface area contributed by atoms with Crippen LogP contribution < -0.4 is 5.32 Å². The van der Waals surface area contributed by atoms with Crippen LogP contribution in [0.4, 0.5) is 10.1 Å². The van der Waals surface area contributed by atoms with Crippen molar-refractivity contribution in [3.63, 3.8) is 0 Å². The quantitative estimate of drug-likeness (QED) is 0.909. The number of halogens is 1. The molecule has 2 aromatic rings. The van der Waals surface area contributed by atoms with Crippen LogP contribution in [0.15, 0.2) is 48.5 Å². The Bertz CT molecular complexity index is 735. The van der Waals surface area contributed by atoms with E-state index >= 15 is 0 Å². The number of nitrogens with zero attached hydrogens (tertiary/aromatic N) is 1. The molecule has 1 fully saturated rings. The molecule has 1 N–H and O–H groups in total. The van der Waals surface area contributed by atoms with Crippen molar-refractivity contribution in [2.75, 3.05) is 18.4 Å². The molecule has 0 aromatic heterocycles. The third-order valence-electron chi connectivity index (χ3n) is 4.33. The van der Waals surface area contributed by atoms with Crippen molar-refractivity contribution in [2.45, 2.75) is 25.7 Å². The van der Waals surface area contributed by atoms with Gasteiger partial charge in [-0.15, -0.1) is 0 Å². The minimum atomic E-state index is -0.316. The summed E-state index contributed by atoms with van der Waals surface area (Å²) in [5, 5.41) is 2.81. The van der Waals surface area contributed by atoms with Crippen LogP contribution in [0.2, 0.25) is 0 Å². The molecule has 0 unspecified atom stereocenters. The Kier molecular flexibility index (Phi) is 5.43. The second-order valence-electron chi connectivity index (χ2n) is 6.31. The van der Waals surface area contributed by atoms with Gasteiger partial charge in [-0.05, 0) is 48.2 Å². The maximum absolute atomic E-state index is 12.9. The Balaban J connectivity index is 1.52. The zero-order valence-corrected chi connectivity index (χ0v) is 14.0. The van der Waals surface area contributed by atoms with Gasteiger partial charge in [-0.1, -0.05) is 24.3 Å². The molecule has 4 nitrogen and oxygen atoms in total. The van der Waals surface area contributed by atoms with E-state index in [1.807, 2.05) is 17.0 Å². The Morgan fingerprint density at radius 3 is 2.08 bits per heavy atom. The van der Waals surface area contributed by atoms with Gasteiger partial charge in [0.1, 0.15) is 5.82 Å². The molecule has 1 aliphatic rings. The third-order valence-corrected chi connectivity index (χ3v) is 4.33. The molecule has 2 amide bonds. The maximum Gasteiger partial charge on any atom is 0.228 e. The number of hydrogen-bond donors (Lipinski definition) is 1. The van der Waals surface area contributed by atoms with Gasteiger partial charge in [0.2, 0.25) is 11.8 Å². The summed E-state index contributed by atoms with van der Waals surface area (Å²) in [5.74, 6) is -0.318. The molecule has 1 saturated heterocycles. The van der Waals surface area contributed by atoms with Gasteiger partial charge >= 0.3 is 0 Å². The molecular weight excluding hydrogens is 319 g/mol. The molecule has 2 aromatic carbocycles. The molecule has 1 aliphatic heterocycles. The summed E-state index contributed by atoms with van der Waals surface area (Å²) in [6.45, 7) is 1.71. The monoisotopic (exact) mass is 340 g/mol. The lowest BCUT2D eigenvalue weighted by Gasteiger charge is -2.15. The predicted molar refractivity (Wildman–Crippen MR) is 94.7 cm³/mol. The number of benzene rings is 2. The van der Waals surface area contributed by atoms with E-state index in [-0.39, 0.29) is 24.1 Å². The minimum absolute atomic E-state index is 0.158. The largest absolute Gasteiger partial charge is 0.342 e. The molecule has 0 saturated carbocycles. The number of amides is 2. The Morgan fingerprint density at radius 2 is 1.44 bits per heavy atom. The lowest BCUT2D eigenvalue weighted by Crippen LogP contribution is -2.29. The van der Waals surface area contributed by atoms with Crippen LogP contribution in [0, 0.1) is 5.82 Å². The summed E-state index contributed by atoms with van der Waals surface area (Å²) >= 11 is 0. The van der Waals surface area contributed by atoms with Crippen LogP contribution in [-0.4, -0.2) is 29.8 Å². The van der Waals surface area contributed by atoms with E-state index in [1.54, 1.807) is 24.3 Å². The molecule has 25 heavy (non-hydrogen) atoms. The van der Waals surface area contributed by atoms with E-state index in [1.165, 1.54) is 12.1 Å². The van der Waals surface area contributed by atoms with Crippen molar-refractivity contribution in [2.24, 2.45) is 0 Å². The van der Waals surface area contributed by atoms with Crippen molar-refractivity contribution >= 4 is 17.5 Å². The highest BCUT2D eigenvalue weighted by molar-refractivity contribution is 5.92. The highest BCUT2D eigenvalue weighted by Gasteiger charge is 2.17. The fraction of sp³-hybridized carbons (Fsp3) is 0.300. The summed E-state index contributed by atoms with van der Waals surface area (Å²) in [5.41, 5.74) is 2.38. The number of anilines is 1. The number of carbonyl (C=O) groups is 2. The van der Waals surface area contributed by atoms with Gasteiger partial charge < -0.3 is 10.2 Å². The van der Waals surface area contributed by atoms with Crippen molar-refractivity contribution in [3.05, 3.63) is 65.5 Å². The number of nitrogens with one attached hydrogen (secondary N) is 1. The molecule has 0 spiro atoms. The SMILES string of the molecule is O=C(Cc1ccc(F)cc1)Nc1ccc(CC(=O)N2CCCC2)cc1. The van der Waals surface area contributed by atoms with Crippen LogP contribution >= 0.6 is 0 Å². The number of likely N-dealkylation sites (tertiary alicyclic amines) is 1. The van der Waals surface area contributed by atoms with Gasteiger partial charge in [0.05, 0.1) is 12.8 Å². The Labute approximate surface area is 146 Å². The Morgan fingerprint density at radius 1 is 0.880 bits per heavy atom. The molecular formula is C20H21FN2O2. The first-order valence-electron chi connectivity index (χ1n) is 8.51. The predicted octanol–water partition coefficient (Wildman–Crippen LogP) is 3.17. The first kappa shape index (κ1) is 17.1. The van der Waals surface area contributed by atoms with Crippen molar-refractivity contribution < 1.29 is 14.0 Å². The summed E-state index contributed by atoms with van der Waals surface area (Å²) < 4.78 is 12.9. The van der Waals surface area contributed by atoms with Gasteiger partial charge in [-0.2, -0.15) is 0 Å². The highest BCUT2D eigenvalue weighted by Crippen LogP contribution is 2.14. The van der Waals surface area contributed by atoms with Crippen molar-refractivity contribution in [1.29, 1.82) is 0 Å². The fourth-order valence-electron chi connectivity index (χ4n) is 2.95. The molecule has 1 heterocycles. The molecule has 3 rings (SSSR count). The van der Waals surface area contributed by atoms with E-state index < -0.39 is 0 Å². The first-order chi connectivity index (χ1) is 12.1. The van der Waals surface area contributed by atoms with Crippen LogP contribution in [0.1, 0.15) is 24.0 Å². The summed E-state index contributed by atoms with van der Waals surface area (Å²) in [7, 11) is 0. The van der Waals surface area contributed by atoms with Crippen LogP contribution in [0.3, 0.4) is 0 Å². The number of carbonyl (C=O) groups excluding carboxylic acids is 2. The highest BCUT2D eigenvalue weighted by atomic mass is 19.1. The smallest absolute Gasteiger partial charge is 0.228 e. The fourth-order valence-corrected chi connectivity index (χ4v) is 2.95. The standard InChI is InChI=1S/C20H21FN2O2/c21-17-7-3-15(4-8-17)13-19(24)22-18-9-5-16(6-10-18)14-20(25)23-11-1-2-12-23/h3-10H,1-2,11-14H2,(H,22,24). The first-order valence-corrected chi connectivity index (χ1v) is 8.51. The minimum Gasteiger partial charge on any atom is -0.342 e. The van der Waals surface area contributed by atoms with Crippen LogP contribution in [0.5, 0.6) is 0 Å². The van der Waals surface area contributed by atoms with E-state index in [9.17, 15) is 14.0 Å². The van der Waals surface area contributed by atoms with E-state index in [0.29, 0.717) is 12.1 Å². The number of rotatable bonds is 5. The van der Waals surface area contributed by atoms with Gasteiger partial charge in [0, 0.05) is 18.8 Å². The zero-order valence-electron chi connectivity index (χ0n) is 14.0. The summed E-state index contributed by atoms with van der Waals surface area (Å²) in [6, 6.07) is 13.2. The van der Waals surface area contributed by atoms with E-state index in [4.69, 9.17) is 0 Å².